The number of halogens is 3. The van der Waals surface area contributed by atoms with Crippen LogP contribution in [0.25, 0.3) is 0 Å². The van der Waals surface area contributed by atoms with Crippen LogP contribution in [-0.2, 0) is 20.9 Å². The topological polar surface area (TPSA) is 90.9 Å². The van der Waals surface area contributed by atoms with E-state index >= 15 is 0 Å². The minimum Gasteiger partial charge on any atom is -0.493 e. The fraction of sp³-hybridized carbons (Fsp3) is 0.235. The summed E-state index contributed by atoms with van der Waals surface area (Å²) in [6.07, 6.45) is -4.72. The van der Waals surface area contributed by atoms with Gasteiger partial charge in [-0.3, -0.25) is 4.72 Å². The number of benzene rings is 2. The maximum Gasteiger partial charge on any atom is 0.416 e. The molecule has 0 saturated heterocycles. The van der Waals surface area contributed by atoms with Crippen molar-refractivity contribution in [2.75, 3.05) is 26.1 Å². The first-order valence-electron chi connectivity index (χ1n) is 7.58. The molecule has 0 aliphatic rings. The summed E-state index contributed by atoms with van der Waals surface area (Å²) in [7, 11) is -0.768. The van der Waals surface area contributed by atoms with E-state index < -0.39 is 32.6 Å². The van der Waals surface area contributed by atoms with Crippen molar-refractivity contribution >= 4 is 21.7 Å². The molecule has 152 valence electrons. The first kappa shape index (κ1) is 21.4. The molecule has 0 aromatic heterocycles. The number of rotatable bonds is 6. The summed E-state index contributed by atoms with van der Waals surface area (Å²) in [6.45, 7) is 0. The number of sulfonamides is 1. The van der Waals surface area contributed by atoms with Gasteiger partial charge in [0.15, 0.2) is 11.5 Å². The second-order valence-electron chi connectivity index (χ2n) is 5.38. The highest BCUT2D eigenvalue weighted by Gasteiger charge is 2.32. The molecule has 1 N–H and O–H groups in total. The van der Waals surface area contributed by atoms with Gasteiger partial charge in [-0.2, -0.15) is 13.2 Å². The minimum absolute atomic E-state index is 0.0943. The van der Waals surface area contributed by atoms with E-state index in [1.165, 1.54) is 20.3 Å². The number of hydrogen-bond acceptors (Lipinski definition) is 6. The van der Waals surface area contributed by atoms with Crippen molar-refractivity contribution in [3.8, 4) is 11.5 Å². The van der Waals surface area contributed by atoms with Crippen molar-refractivity contribution in [2.45, 2.75) is 11.1 Å². The number of anilines is 1. The predicted molar refractivity (Wildman–Crippen MR) is 93.1 cm³/mol. The number of carbonyl (C=O) groups is 1. The monoisotopic (exact) mass is 419 g/mol. The van der Waals surface area contributed by atoms with Crippen LogP contribution in [0.1, 0.15) is 15.9 Å². The molecule has 0 saturated carbocycles. The molecule has 0 unspecified atom stereocenters. The third-order valence-electron chi connectivity index (χ3n) is 3.65. The number of ether oxygens (including phenoxy) is 3. The molecule has 2 aromatic rings. The van der Waals surface area contributed by atoms with Crippen molar-refractivity contribution in [1.82, 2.24) is 0 Å². The van der Waals surface area contributed by atoms with Crippen LogP contribution in [-0.4, -0.2) is 35.7 Å². The highest BCUT2D eigenvalue weighted by Crippen LogP contribution is 2.35. The molecular formula is C17H16F3NO6S. The lowest BCUT2D eigenvalue weighted by atomic mass is 10.1. The van der Waals surface area contributed by atoms with E-state index in [4.69, 9.17) is 9.47 Å². The molecule has 0 radical (unpaired) electrons. The van der Waals surface area contributed by atoms with Crippen LogP contribution in [0.3, 0.4) is 0 Å². The van der Waals surface area contributed by atoms with E-state index in [1.54, 1.807) is 0 Å². The van der Waals surface area contributed by atoms with Crippen LogP contribution in [0, 0.1) is 0 Å². The summed E-state index contributed by atoms with van der Waals surface area (Å²) >= 11 is 0. The lowest BCUT2D eigenvalue weighted by Gasteiger charge is -2.16. The smallest absolute Gasteiger partial charge is 0.416 e. The van der Waals surface area contributed by atoms with Crippen molar-refractivity contribution in [3.63, 3.8) is 0 Å². The standard InChI is InChI=1S/C17H16F3NO6S/c1-25-14-8-12(16(22)27-3)13(9-15(14)26-2)21-28(23,24)11-6-4-5-10(7-11)17(18,19)20/h4-9,21H,1-3H3. The largest absolute Gasteiger partial charge is 0.493 e. The average Bonchev–Trinajstić information content (AvgIpc) is 2.66. The third kappa shape index (κ3) is 4.47. The number of hydrogen-bond donors (Lipinski definition) is 1. The van der Waals surface area contributed by atoms with Crippen LogP contribution in [0.4, 0.5) is 18.9 Å². The maximum atomic E-state index is 12.9. The lowest BCUT2D eigenvalue weighted by Crippen LogP contribution is -2.17. The van der Waals surface area contributed by atoms with Crippen LogP contribution < -0.4 is 14.2 Å². The molecule has 28 heavy (non-hydrogen) atoms. The molecule has 2 aromatic carbocycles. The second-order valence-corrected chi connectivity index (χ2v) is 7.06. The first-order chi connectivity index (χ1) is 13.0. The molecule has 0 heterocycles. The summed E-state index contributed by atoms with van der Waals surface area (Å²) < 4.78 is 80.6. The van der Waals surface area contributed by atoms with Crippen molar-refractivity contribution in [1.29, 1.82) is 0 Å². The maximum absolute atomic E-state index is 12.9. The van der Waals surface area contributed by atoms with E-state index in [9.17, 15) is 26.4 Å². The number of carbonyl (C=O) groups excluding carboxylic acids is 1. The molecular weight excluding hydrogens is 403 g/mol. The van der Waals surface area contributed by atoms with Gasteiger partial charge in [0.05, 0.1) is 43.0 Å². The molecule has 7 nitrogen and oxygen atoms in total. The molecule has 0 bridgehead atoms. The Labute approximate surface area is 159 Å². The highest BCUT2D eigenvalue weighted by atomic mass is 32.2. The highest BCUT2D eigenvalue weighted by molar-refractivity contribution is 7.92. The quantitative estimate of drug-likeness (QED) is 0.723. The Hall–Kier alpha value is -2.95. The van der Waals surface area contributed by atoms with E-state index in [0.717, 1.165) is 31.4 Å². The second kappa shape index (κ2) is 7.97. The fourth-order valence-corrected chi connectivity index (χ4v) is 3.40. The van der Waals surface area contributed by atoms with Crippen LogP contribution >= 0.6 is 0 Å². The lowest BCUT2D eigenvalue weighted by molar-refractivity contribution is -0.137. The predicted octanol–water partition coefficient (Wildman–Crippen LogP) is 3.31. The number of methoxy groups -OCH3 is 3. The van der Waals surface area contributed by atoms with Crippen LogP contribution in [0.15, 0.2) is 41.3 Å². The zero-order valence-electron chi connectivity index (χ0n) is 15.0. The molecule has 0 fully saturated rings. The Morgan fingerprint density at radius 3 is 2.14 bits per heavy atom. The molecule has 11 heteroatoms. The first-order valence-corrected chi connectivity index (χ1v) is 9.06. The van der Waals surface area contributed by atoms with Crippen molar-refractivity contribution in [2.24, 2.45) is 0 Å². The van der Waals surface area contributed by atoms with Gasteiger partial charge >= 0.3 is 12.1 Å². The summed E-state index contributed by atoms with van der Waals surface area (Å²) in [4.78, 5) is 11.4. The van der Waals surface area contributed by atoms with Gasteiger partial charge in [-0.1, -0.05) is 6.07 Å². The zero-order valence-corrected chi connectivity index (χ0v) is 15.8. The Kier molecular flexibility index (Phi) is 6.07. The van der Waals surface area contributed by atoms with Crippen molar-refractivity contribution < 1.29 is 40.6 Å². The molecule has 0 aliphatic heterocycles. The van der Waals surface area contributed by atoms with Gasteiger partial charge in [0.2, 0.25) is 0 Å². The zero-order chi connectivity index (χ0) is 21.1. The summed E-state index contributed by atoms with van der Waals surface area (Å²) in [6, 6.07) is 5.55. The molecule has 0 aliphatic carbocycles. The number of nitrogens with one attached hydrogen (secondary N) is 1. The van der Waals surface area contributed by atoms with Crippen LogP contribution in [0.2, 0.25) is 0 Å². The van der Waals surface area contributed by atoms with E-state index in [1.807, 2.05) is 0 Å². The Morgan fingerprint density at radius 2 is 1.61 bits per heavy atom. The Morgan fingerprint density at radius 1 is 1.00 bits per heavy atom. The molecule has 2 rings (SSSR count). The summed E-state index contributed by atoms with van der Waals surface area (Å²) in [5.41, 5.74) is -1.59. The number of alkyl halides is 3. The molecule has 0 spiro atoms. The minimum atomic E-state index is -4.72. The van der Waals surface area contributed by atoms with Gasteiger partial charge in [0.25, 0.3) is 10.0 Å². The van der Waals surface area contributed by atoms with Gasteiger partial charge < -0.3 is 14.2 Å². The average molecular weight is 419 g/mol. The summed E-state index contributed by atoms with van der Waals surface area (Å²) in [5, 5.41) is 0. The van der Waals surface area contributed by atoms with E-state index in [-0.39, 0.29) is 22.7 Å². The molecule has 0 atom stereocenters. The Balaban J connectivity index is 2.55. The van der Waals surface area contributed by atoms with Gasteiger partial charge in [0.1, 0.15) is 0 Å². The normalized spacial score (nSPS) is 11.6. The van der Waals surface area contributed by atoms with E-state index in [0.29, 0.717) is 6.07 Å². The van der Waals surface area contributed by atoms with Gasteiger partial charge in [0, 0.05) is 12.1 Å². The molecule has 0 amide bonds. The third-order valence-corrected chi connectivity index (χ3v) is 5.01. The fourth-order valence-electron chi connectivity index (χ4n) is 2.29. The van der Waals surface area contributed by atoms with Crippen molar-refractivity contribution in [3.05, 3.63) is 47.5 Å². The van der Waals surface area contributed by atoms with E-state index in [2.05, 4.69) is 9.46 Å². The van der Waals surface area contributed by atoms with Crippen LogP contribution in [0.5, 0.6) is 11.5 Å². The number of esters is 1. The van der Waals surface area contributed by atoms with Gasteiger partial charge in [-0.15, -0.1) is 0 Å². The SMILES string of the molecule is COC(=O)c1cc(OC)c(OC)cc1NS(=O)(=O)c1cccc(C(F)(F)F)c1. The van der Waals surface area contributed by atoms with Gasteiger partial charge in [-0.05, 0) is 18.2 Å². The Bertz CT molecular complexity index is 989. The summed E-state index contributed by atoms with van der Waals surface area (Å²) in [5.74, 6) is -0.662. The van der Waals surface area contributed by atoms with Gasteiger partial charge in [-0.25, -0.2) is 13.2 Å².